The standard InChI is InChI=1S/C23H22N2O5S/c1-5-29-19(26)12-25-16-10-13(2)9-14(3)21(16)31-23(25)24-22(27)18-11-15-7-6-8-17(28-4)20(15)30-18/h6-11H,5,12H2,1-4H3. The largest absolute Gasteiger partial charge is 0.493 e. The number of fused-ring (bicyclic) bond motifs is 2. The number of benzene rings is 2. The molecule has 2 aromatic heterocycles. The van der Waals surface area contributed by atoms with Crippen LogP contribution in [0.5, 0.6) is 5.75 Å². The predicted octanol–water partition coefficient (Wildman–Crippen LogP) is 4.38. The van der Waals surface area contributed by atoms with Crippen LogP contribution < -0.4 is 9.54 Å². The van der Waals surface area contributed by atoms with Crippen LogP contribution in [-0.4, -0.2) is 30.2 Å². The van der Waals surface area contributed by atoms with Crippen molar-refractivity contribution in [2.24, 2.45) is 4.99 Å². The molecule has 7 nitrogen and oxygen atoms in total. The zero-order chi connectivity index (χ0) is 22.1. The average Bonchev–Trinajstić information content (AvgIpc) is 3.31. The molecule has 160 valence electrons. The van der Waals surface area contributed by atoms with E-state index in [1.165, 1.54) is 11.3 Å². The minimum Gasteiger partial charge on any atom is -0.493 e. The number of hydrogen-bond donors (Lipinski definition) is 0. The van der Waals surface area contributed by atoms with Gasteiger partial charge in [-0.1, -0.05) is 29.5 Å². The van der Waals surface area contributed by atoms with Crippen molar-refractivity contribution in [3.05, 3.63) is 58.1 Å². The highest BCUT2D eigenvalue weighted by atomic mass is 32.1. The van der Waals surface area contributed by atoms with Crippen LogP contribution >= 0.6 is 11.3 Å². The fourth-order valence-corrected chi connectivity index (χ4v) is 4.61. The summed E-state index contributed by atoms with van der Waals surface area (Å²) in [5.41, 5.74) is 3.45. The van der Waals surface area contributed by atoms with Crippen molar-refractivity contribution in [2.45, 2.75) is 27.3 Å². The van der Waals surface area contributed by atoms with E-state index in [0.29, 0.717) is 16.1 Å². The lowest BCUT2D eigenvalue weighted by atomic mass is 10.1. The number of ether oxygens (including phenoxy) is 2. The van der Waals surface area contributed by atoms with Crippen molar-refractivity contribution in [3.63, 3.8) is 0 Å². The number of rotatable bonds is 5. The highest BCUT2D eigenvalue weighted by molar-refractivity contribution is 7.16. The topological polar surface area (TPSA) is 83.0 Å². The number of aryl methyl sites for hydroxylation is 2. The van der Waals surface area contributed by atoms with Crippen molar-refractivity contribution >= 4 is 44.4 Å². The maximum Gasteiger partial charge on any atom is 0.326 e. The van der Waals surface area contributed by atoms with Crippen molar-refractivity contribution in [2.75, 3.05) is 13.7 Å². The molecule has 4 aromatic rings. The van der Waals surface area contributed by atoms with Crippen LogP contribution in [0.4, 0.5) is 0 Å². The molecule has 4 rings (SSSR count). The van der Waals surface area contributed by atoms with E-state index >= 15 is 0 Å². The van der Waals surface area contributed by atoms with Crippen LogP contribution in [0.15, 0.2) is 45.8 Å². The van der Waals surface area contributed by atoms with Gasteiger partial charge in [0.1, 0.15) is 6.54 Å². The van der Waals surface area contributed by atoms with Crippen molar-refractivity contribution in [1.82, 2.24) is 4.57 Å². The van der Waals surface area contributed by atoms with Crippen molar-refractivity contribution < 1.29 is 23.5 Å². The number of methoxy groups -OCH3 is 1. The Labute approximate surface area is 182 Å². The van der Waals surface area contributed by atoms with Gasteiger partial charge in [0.05, 0.1) is 23.9 Å². The van der Waals surface area contributed by atoms with E-state index in [1.54, 1.807) is 30.7 Å². The Morgan fingerprint density at radius 1 is 1.19 bits per heavy atom. The molecule has 0 aliphatic heterocycles. The fourth-order valence-electron chi connectivity index (χ4n) is 3.53. The van der Waals surface area contributed by atoms with E-state index in [2.05, 4.69) is 11.1 Å². The molecule has 1 amide bonds. The second-order valence-corrected chi connectivity index (χ2v) is 8.09. The van der Waals surface area contributed by atoms with Crippen LogP contribution in [-0.2, 0) is 16.1 Å². The van der Waals surface area contributed by atoms with Crippen molar-refractivity contribution in [3.8, 4) is 5.75 Å². The third kappa shape index (κ3) is 3.98. The molecule has 0 N–H and O–H groups in total. The van der Waals surface area contributed by atoms with E-state index < -0.39 is 5.91 Å². The fraction of sp³-hybridized carbons (Fsp3) is 0.261. The number of nitrogens with zero attached hydrogens (tertiary/aromatic N) is 2. The molecule has 0 saturated heterocycles. The first-order valence-corrected chi connectivity index (χ1v) is 10.6. The van der Waals surface area contributed by atoms with Crippen LogP contribution in [0, 0.1) is 13.8 Å². The summed E-state index contributed by atoms with van der Waals surface area (Å²) < 4.78 is 18.8. The van der Waals surface area contributed by atoms with Crippen LogP contribution in [0.1, 0.15) is 28.6 Å². The van der Waals surface area contributed by atoms with Gasteiger partial charge in [-0.3, -0.25) is 9.59 Å². The summed E-state index contributed by atoms with van der Waals surface area (Å²) in [5, 5.41) is 0.750. The molecule has 2 heterocycles. The molecule has 0 aliphatic rings. The zero-order valence-electron chi connectivity index (χ0n) is 17.7. The van der Waals surface area contributed by atoms with E-state index in [0.717, 1.165) is 26.7 Å². The highest BCUT2D eigenvalue weighted by Gasteiger charge is 2.17. The van der Waals surface area contributed by atoms with E-state index in [9.17, 15) is 9.59 Å². The molecule has 8 heteroatoms. The number of para-hydroxylation sites is 1. The Morgan fingerprint density at radius 3 is 2.74 bits per heavy atom. The maximum atomic E-state index is 13.0. The highest BCUT2D eigenvalue weighted by Crippen LogP contribution is 2.29. The lowest BCUT2D eigenvalue weighted by molar-refractivity contribution is -0.143. The Hall–Kier alpha value is -3.39. The minimum absolute atomic E-state index is 0.0310. The molecular weight excluding hydrogens is 416 g/mol. The summed E-state index contributed by atoms with van der Waals surface area (Å²) in [7, 11) is 1.54. The predicted molar refractivity (Wildman–Crippen MR) is 119 cm³/mol. The number of amides is 1. The molecule has 0 radical (unpaired) electrons. The second-order valence-electron chi connectivity index (χ2n) is 7.11. The first-order chi connectivity index (χ1) is 14.9. The van der Waals surface area contributed by atoms with Crippen LogP contribution in [0.2, 0.25) is 0 Å². The first-order valence-electron chi connectivity index (χ1n) is 9.83. The molecule has 0 spiro atoms. The van der Waals surface area contributed by atoms with Gasteiger partial charge in [0.15, 0.2) is 21.9 Å². The number of carbonyl (C=O) groups excluding carboxylic acids is 2. The van der Waals surface area contributed by atoms with E-state index in [4.69, 9.17) is 13.9 Å². The summed E-state index contributed by atoms with van der Waals surface area (Å²) in [6, 6.07) is 11.1. The lowest BCUT2D eigenvalue weighted by Gasteiger charge is -2.06. The summed E-state index contributed by atoms with van der Waals surface area (Å²) in [6.07, 6.45) is 0. The Balaban J connectivity index is 1.85. The SMILES string of the molecule is CCOC(=O)Cn1c(=NC(=O)c2cc3cccc(OC)c3o2)sc2c(C)cc(C)cc21. The van der Waals surface area contributed by atoms with Crippen molar-refractivity contribution in [1.29, 1.82) is 0 Å². The summed E-state index contributed by atoms with van der Waals surface area (Å²) in [5.74, 6) is -0.269. The van der Waals surface area contributed by atoms with Gasteiger partial charge >= 0.3 is 11.9 Å². The molecule has 0 saturated carbocycles. The smallest absolute Gasteiger partial charge is 0.326 e. The van der Waals surface area contributed by atoms with Crippen LogP contribution in [0.25, 0.3) is 21.2 Å². The Morgan fingerprint density at radius 2 is 2.00 bits per heavy atom. The number of thiazole rings is 1. The molecule has 0 bridgehead atoms. The van der Waals surface area contributed by atoms with Crippen LogP contribution in [0.3, 0.4) is 0 Å². The third-order valence-corrected chi connectivity index (χ3v) is 6.07. The molecule has 2 aromatic carbocycles. The molecule has 0 aliphatic carbocycles. The molecule has 0 unspecified atom stereocenters. The number of furan rings is 1. The van der Waals surface area contributed by atoms with E-state index in [-0.39, 0.29) is 24.9 Å². The number of esters is 1. The monoisotopic (exact) mass is 438 g/mol. The van der Waals surface area contributed by atoms with Gasteiger partial charge in [0.2, 0.25) is 0 Å². The number of carbonyl (C=O) groups is 2. The van der Waals surface area contributed by atoms with Gasteiger partial charge in [-0.25, -0.2) is 0 Å². The van der Waals surface area contributed by atoms with Gasteiger partial charge in [0.25, 0.3) is 0 Å². The lowest BCUT2D eigenvalue weighted by Crippen LogP contribution is -2.23. The Kier molecular flexibility index (Phi) is 5.65. The van der Waals surface area contributed by atoms with Gasteiger partial charge in [0, 0.05) is 5.39 Å². The quantitative estimate of drug-likeness (QED) is 0.432. The maximum absolute atomic E-state index is 13.0. The zero-order valence-corrected chi connectivity index (χ0v) is 18.5. The summed E-state index contributed by atoms with van der Waals surface area (Å²) >= 11 is 1.36. The number of aromatic nitrogens is 1. The second kappa shape index (κ2) is 8.39. The van der Waals surface area contributed by atoms with Gasteiger partial charge in [-0.15, -0.1) is 0 Å². The Bertz CT molecular complexity index is 1380. The molecule has 0 atom stereocenters. The molecule has 31 heavy (non-hydrogen) atoms. The molecule has 0 fully saturated rings. The van der Waals surface area contributed by atoms with E-state index in [1.807, 2.05) is 32.0 Å². The summed E-state index contributed by atoms with van der Waals surface area (Å²) in [4.78, 5) is 29.9. The average molecular weight is 439 g/mol. The number of hydrogen-bond acceptors (Lipinski definition) is 6. The van der Waals surface area contributed by atoms with Gasteiger partial charge < -0.3 is 18.5 Å². The van der Waals surface area contributed by atoms with Gasteiger partial charge in [-0.2, -0.15) is 4.99 Å². The molecular formula is C23H22N2O5S. The third-order valence-electron chi connectivity index (χ3n) is 4.84. The normalized spacial score (nSPS) is 11.9. The summed E-state index contributed by atoms with van der Waals surface area (Å²) in [6.45, 7) is 6.00. The first kappa shape index (κ1) is 20.9. The van der Waals surface area contributed by atoms with Gasteiger partial charge in [-0.05, 0) is 50.1 Å². The minimum atomic E-state index is -0.531.